The first kappa shape index (κ1) is 17.9. The van der Waals surface area contributed by atoms with Gasteiger partial charge in [-0.3, -0.25) is 4.79 Å². The molecule has 0 radical (unpaired) electrons. The van der Waals surface area contributed by atoms with Crippen LogP contribution in [0.3, 0.4) is 0 Å². The van der Waals surface area contributed by atoms with Gasteiger partial charge in [-0.25, -0.2) is 9.67 Å². The van der Waals surface area contributed by atoms with Crippen molar-refractivity contribution in [2.24, 2.45) is 0 Å². The minimum Gasteiger partial charge on any atom is -0.478 e. The van der Waals surface area contributed by atoms with Gasteiger partial charge in [-0.15, -0.1) is 0 Å². The standard InChI is InChI=1S/C19H19ClN4O2/c1-2-26-18-15(9-6-10-21-18)11-22-16-12-23-24(19(25)17(16)20)13-14-7-4-3-5-8-14/h3-10,12,22H,2,11,13H2,1H3. The lowest BCUT2D eigenvalue weighted by molar-refractivity contribution is 0.323. The number of anilines is 1. The lowest BCUT2D eigenvalue weighted by atomic mass is 10.2. The maximum absolute atomic E-state index is 12.5. The van der Waals surface area contributed by atoms with Crippen LogP contribution < -0.4 is 15.6 Å². The van der Waals surface area contributed by atoms with E-state index in [4.69, 9.17) is 16.3 Å². The molecule has 134 valence electrons. The van der Waals surface area contributed by atoms with Crippen LogP contribution in [0.2, 0.25) is 5.02 Å². The highest BCUT2D eigenvalue weighted by Gasteiger charge is 2.11. The SMILES string of the molecule is CCOc1ncccc1CNc1cnn(Cc2ccccc2)c(=O)c1Cl. The molecule has 0 fully saturated rings. The lowest BCUT2D eigenvalue weighted by Crippen LogP contribution is -2.24. The summed E-state index contributed by atoms with van der Waals surface area (Å²) >= 11 is 6.25. The number of hydrogen-bond acceptors (Lipinski definition) is 5. The Hall–Kier alpha value is -2.86. The Labute approximate surface area is 156 Å². The normalized spacial score (nSPS) is 10.5. The summed E-state index contributed by atoms with van der Waals surface area (Å²) in [5, 5.41) is 7.46. The zero-order valence-corrected chi connectivity index (χ0v) is 15.1. The highest BCUT2D eigenvalue weighted by molar-refractivity contribution is 6.32. The molecular weight excluding hydrogens is 352 g/mol. The van der Waals surface area contributed by atoms with Crippen molar-refractivity contribution in [1.82, 2.24) is 14.8 Å². The predicted molar refractivity (Wildman–Crippen MR) is 102 cm³/mol. The van der Waals surface area contributed by atoms with Crippen molar-refractivity contribution in [3.8, 4) is 5.88 Å². The number of pyridine rings is 1. The fourth-order valence-electron chi connectivity index (χ4n) is 2.47. The van der Waals surface area contributed by atoms with E-state index in [1.165, 1.54) is 4.68 Å². The van der Waals surface area contributed by atoms with Gasteiger partial charge in [0.05, 0.1) is 25.0 Å². The van der Waals surface area contributed by atoms with E-state index in [1.54, 1.807) is 12.4 Å². The van der Waals surface area contributed by atoms with Crippen LogP contribution in [-0.2, 0) is 13.1 Å². The highest BCUT2D eigenvalue weighted by atomic mass is 35.5. The number of halogens is 1. The van der Waals surface area contributed by atoms with E-state index in [-0.39, 0.29) is 10.6 Å². The average molecular weight is 371 g/mol. The van der Waals surface area contributed by atoms with Crippen LogP contribution in [0.1, 0.15) is 18.1 Å². The molecule has 7 heteroatoms. The molecule has 0 aliphatic rings. The van der Waals surface area contributed by atoms with Crippen LogP contribution in [0, 0.1) is 0 Å². The number of benzene rings is 1. The zero-order chi connectivity index (χ0) is 18.4. The van der Waals surface area contributed by atoms with E-state index >= 15 is 0 Å². The molecule has 0 aliphatic carbocycles. The van der Waals surface area contributed by atoms with Crippen molar-refractivity contribution in [2.45, 2.75) is 20.0 Å². The van der Waals surface area contributed by atoms with Crippen LogP contribution in [-0.4, -0.2) is 21.4 Å². The van der Waals surface area contributed by atoms with Crippen molar-refractivity contribution >= 4 is 17.3 Å². The van der Waals surface area contributed by atoms with Crippen molar-refractivity contribution in [3.05, 3.63) is 81.4 Å². The summed E-state index contributed by atoms with van der Waals surface area (Å²) in [5.74, 6) is 0.559. The average Bonchev–Trinajstić information content (AvgIpc) is 2.67. The van der Waals surface area contributed by atoms with Crippen molar-refractivity contribution in [3.63, 3.8) is 0 Å². The van der Waals surface area contributed by atoms with E-state index in [2.05, 4.69) is 15.4 Å². The van der Waals surface area contributed by atoms with Crippen LogP contribution in [0.25, 0.3) is 0 Å². The third kappa shape index (κ3) is 4.21. The smallest absolute Gasteiger partial charge is 0.287 e. The molecule has 0 bridgehead atoms. The second-order valence-electron chi connectivity index (χ2n) is 5.57. The number of ether oxygens (including phenoxy) is 1. The second kappa shape index (κ2) is 8.49. The Bertz CT molecular complexity index is 928. The topological polar surface area (TPSA) is 69.0 Å². The van der Waals surface area contributed by atoms with Crippen LogP contribution in [0.5, 0.6) is 5.88 Å². The minimum absolute atomic E-state index is 0.109. The van der Waals surface area contributed by atoms with Gasteiger partial charge in [0.1, 0.15) is 5.02 Å². The molecule has 0 aliphatic heterocycles. The van der Waals surface area contributed by atoms with Gasteiger partial charge in [0.25, 0.3) is 5.56 Å². The van der Waals surface area contributed by atoms with E-state index < -0.39 is 0 Å². The maximum Gasteiger partial charge on any atom is 0.287 e. The largest absolute Gasteiger partial charge is 0.478 e. The van der Waals surface area contributed by atoms with Crippen LogP contribution in [0.15, 0.2) is 59.7 Å². The van der Waals surface area contributed by atoms with Crippen molar-refractivity contribution in [1.29, 1.82) is 0 Å². The molecule has 0 atom stereocenters. The lowest BCUT2D eigenvalue weighted by Gasteiger charge is -2.12. The summed E-state index contributed by atoms with van der Waals surface area (Å²) in [5.41, 5.74) is 2.00. The number of nitrogens with zero attached hydrogens (tertiary/aromatic N) is 3. The summed E-state index contributed by atoms with van der Waals surface area (Å²) in [6, 6.07) is 13.4. The third-order valence-electron chi connectivity index (χ3n) is 3.76. The molecule has 0 saturated heterocycles. The Balaban J connectivity index is 1.76. The first-order chi connectivity index (χ1) is 12.7. The molecule has 1 N–H and O–H groups in total. The maximum atomic E-state index is 12.5. The Morgan fingerprint density at radius 3 is 2.77 bits per heavy atom. The van der Waals surface area contributed by atoms with Gasteiger partial charge in [0.15, 0.2) is 0 Å². The fourth-order valence-corrected chi connectivity index (χ4v) is 2.69. The molecule has 1 aromatic carbocycles. The van der Waals surface area contributed by atoms with Crippen LogP contribution in [0.4, 0.5) is 5.69 Å². The molecule has 26 heavy (non-hydrogen) atoms. The zero-order valence-electron chi connectivity index (χ0n) is 14.4. The fraction of sp³-hybridized carbons (Fsp3) is 0.211. The Kier molecular flexibility index (Phi) is 5.86. The van der Waals surface area contributed by atoms with Gasteiger partial charge < -0.3 is 10.1 Å². The summed E-state index contributed by atoms with van der Waals surface area (Å²) < 4.78 is 6.85. The summed E-state index contributed by atoms with van der Waals surface area (Å²) in [6.07, 6.45) is 3.23. The summed E-state index contributed by atoms with van der Waals surface area (Å²) in [4.78, 5) is 16.7. The van der Waals surface area contributed by atoms with Gasteiger partial charge in [0.2, 0.25) is 5.88 Å². The van der Waals surface area contributed by atoms with E-state index in [9.17, 15) is 4.79 Å². The molecule has 0 amide bonds. The van der Waals surface area contributed by atoms with E-state index in [0.29, 0.717) is 31.3 Å². The first-order valence-corrected chi connectivity index (χ1v) is 8.67. The van der Waals surface area contributed by atoms with Gasteiger partial charge in [-0.05, 0) is 18.6 Å². The minimum atomic E-state index is -0.336. The number of hydrogen-bond donors (Lipinski definition) is 1. The van der Waals surface area contributed by atoms with Crippen LogP contribution >= 0.6 is 11.6 Å². The molecule has 3 aromatic rings. The molecule has 0 saturated carbocycles. The van der Waals surface area contributed by atoms with Gasteiger partial charge in [0, 0.05) is 18.3 Å². The number of aromatic nitrogens is 3. The van der Waals surface area contributed by atoms with Gasteiger partial charge in [-0.2, -0.15) is 5.10 Å². The highest BCUT2D eigenvalue weighted by Crippen LogP contribution is 2.20. The molecule has 2 heterocycles. The van der Waals surface area contributed by atoms with Crippen molar-refractivity contribution in [2.75, 3.05) is 11.9 Å². The van der Waals surface area contributed by atoms with Gasteiger partial charge >= 0.3 is 0 Å². The monoisotopic (exact) mass is 370 g/mol. The molecule has 0 unspecified atom stereocenters. The Morgan fingerprint density at radius 2 is 2.00 bits per heavy atom. The second-order valence-corrected chi connectivity index (χ2v) is 5.95. The van der Waals surface area contributed by atoms with E-state index in [0.717, 1.165) is 11.1 Å². The van der Waals surface area contributed by atoms with E-state index in [1.807, 2.05) is 49.4 Å². The quantitative estimate of drug-likeness (QED) is 0.690. The Morgan fingerprint density at radius 1 is 1.19 bits per heavy atom. The van der Waals surface area contributed by atoms with Crippen molar-refractivity contribution < 1.29 is 4.74 Å². The molecule has 3 rings (SSSR count). The molecular formula is C19H19ClN4O2. The third-order valence-corrected chi connectivity index (χ3v) is 4.13. The molecule has 2 aromatic heterocycles. The number of nitrogens with one attached hydrogen (secondary N) is 1. The van der Waals surface area contributed by atoms with Gasteiger partial charge in [-0.1, -0.05) is 48.0 Å². The predicted octanol–water partition coefficient (Wildman–Crippen LogP) is 3.35. The number of rotatable bonds is 7. The summed E-state index contributed by atoms with van der Waals surface area (Å²) in [6.45, 7) is 3.23. The summed E-state index contributed by atoms with van der Waals surface area (Å²) in [7, 11) is 0. The molecule has 6 nitrogen and oxygen atoms in total. The first-order valence-electron chi connectivity index (χ1n) is 8.29. The molecule has 0 spiro atoms.